The van der Waals surface area contributed by atoms with Gasteiger partial charge >= 0.3 is 0 Å². The molecule has 1 aromatic carbocycles. The van der Waals surface area contributed by atoms with E-state index in [1.54, 1.807) is 11.6 Å². The van der Waals surface area contributed by atoms with E-state index >= 15 is 0 Å². The van der Waals surface area contributed by atoms with Crippen LogP contribution in [0.15, 0.2) is 28.7 Å². The van der Waals surface area contributed by atoms with Crippen LogP contribution in [-0.2, 0) is 11.2 Å². The maximum absolute atomic E-state index is 11.8. The molecular weight excluding hydrogens is 352 g/mol. The Kier molecular flexibility index (Phi) is 7.88. The van der Waals surface area contributed by atoms with E-state index < -0.39 is 0 Å². The molecule has 0 radical (unpaired) electrons. The number of thiazole rings is 1. The Morgan fingerprint density at radius 3 is 2.88 bits per heavy atom. The minimum absolute atomic E-state index is 0.138. The van der Waals surface area contributed by atoms with E-state index in [0.29, 0.717) is 35.5 Å². The summed E-state index contributed by atoms with van der Waals surface area (Å²) in [7, 11) is 0. The van der Waals surface area contributed by atoms with Gasteiger partial charge in [0.15, 0.2) is 16.6 Å². The lowest BCUT2D eigenvalue weighted by molar-refractivity contribution is -0.120. The molecule has 26 heavy (non-hydrogen) atoms. The molecule has 1 heterocycles. The molecule has 140 valence electrons. The topological polar surface area (TPSA) is 98.8 Å². The average molecular weight is 376 g/mol. The summed E-state index contributed by atoms with van der Waals surface area (Å²) in [6.07, 6.45) is 3.76. The van der Waals surface area contributed by atoms with E-state index in [-0.39, 0.29) is 12.3 Å². The number of nitrogens with zero attached hydrogens (tertiary/aromatic N) is 2. The van der Waals surface area contributed by atoms with E-state index in [1.807, 2.05) is 25.1 Å². The summed E-state index contributed by atoms with van der Waals surface area (Å²) in [5.74, 6) is 1.12. The number of unbranched alkanes of at least 4 members (excludes halogenated alkanes) is 1. The monoisotopic (exact) mass is 376 g/mol. The highest BCUT2D eigenvalue weighted by atomic mass is 32.1. The molecule has 1 amide bonds. The molecule has 0 aliphatic rings. The molecule has 7 nitrogen and oxygen atoms in total. The Labute approximate surface area is 157 Å². The second kappa shape index (κ2) is 10.4. The van der Waals surface area contributed by atoms with Gasteiger partial charge in [0.2, 0.25) is 5.91 Å². The Balaban J connectivity index is 1.93. The van der Waals surface area contributed by atoms with Crippen LogP contribution in [0, 0.1) is 0 Å². The van der Waals surface area contributed by atoms with Crippen molar-refractivity contribution in [2.24, 2.45) is 5.10 Å². The van der Waals surface area contributed by atoms with Gasteiger partial charge in [-0.05, 0) is 37.1 Å². The van der Waals surface area contributed by atoms with Crippen LogP contribution in [0.1, 0.15) is 37.9 Å². The van der Waals surface area contributed by atoms with Crippen LogP contribution in [0.25, 0.3) is 0 Å². The summed E-state index contributed by atoms with van der Waals surface area (Å²) in [5.41, 5.74) is 9.46. The molecule has 0 atom stereocenters. The van der Waals surface area contributed by atoms with Gasteiger partial charge in [-0.15, -0.1) is 11.3 Å². The molecule has 0 unspecified atom stereocenters. The number of nitrogens with one attached hydrogen (secondary N) is 1. The van der Waals surface area contributed by atoms with Crippen LogP contribution in [0.3, 0.4) is 0 Å². The fraction of sp³-hybridized carbons (Fsp3) is 0.389. The van der Waals surface area contributed by atoms with Gasteiger partial charge in [-0.3, -0.25) is 4.79 Å². The minimum Gasteiger partial charge on any atom is -0.490 e. The molecule has 2 rings (SSSR count). The molecular formula is C18H24N4O3S. The lowest BCUT2D eigenvalue weighted by Crippen LogP contribution is -2.19. The minimum atomic E-state index is -0.254. The molecule has 1 aromatic heterocycles. The summed E-state index contributed by atoms with van der Waals surface area (Å²) in [6, 6.07) is 5.55. The highest BCUT2D eigenvalue weighted by Gasteiger charge is 2.07. The van der Waals surface area contributed by atoms with Crippen molar-refractivity contribution in [2.45, 2.75) is 33.1 Å². The summed E-state index contributed by atoms with van der Waals surface area (Å²) < 4.78 is 11.4. The van der Waals surface area contributed by atoms with E-state index in [2.05, 4.69) is 22.4 Å². The first-order valence-electron chi connectivity index (χ1n) is 8.53. The number of ether oxygens (including phenoxy) is 2. The lowest BCUT2D eigenvalue weighted by atomic mass is 10.2. The number of amides is 1. The van der Waals surface area contributed by atoms with E-state index in [0.717, 1.165) is 18.4 Å². The van der Waals surface area contributed by atoms with Crippen molar-refractivity contribution in [3.05, 3.63) is 34.8 Å². The Morgan fingerprint density at radius 2 is 2.19 bits per heavy atom. The zero-order valence-electron chi connectivity index (χ0n) is 15.0. The average Bonchev–Trinajstić information content (AvgIpc) is 3.02. The molecule has 2 aromatic rings. The number of carbonyl (C=O) groups excluding carboxylic acids is 1. The van der Waals surface area contributed by atoms with Gasteiger partial charge in [-0.2, -0.15) is 5.10 Å². The van der Waals surface area contributed by atoms with Crippen molar-refractivity contribution < 1.29 is 14.3 Å². The first-order chi connectivity index (χ1) is 12.6. The highest BCUT2D eigenvalue weighted by molar-refractivity contribution is 7.13. The number of rotatable bonds is 10. The summed E-state index contributed by atoms with van der Waals surface area (Å²) in [6.45, 7) is 5.23. The third-order valence-corrected chi connectivity index (χ3v) is 4.06. The molecule has 0 aliphatic carbocycles. The lowest BCUT2D eigenvalue weighted by Gasteiger charge is -2.12. The summed E-state index contributed by atoms with van der Waals surface area (Å²) in [4.78, 5) is 15.9. The molecule has 0 saturated carbocycles. The SMILES string of the molecule is CCCCOc1ccc(/C=N/NC(=O)Cc2csc(N)n2)cc1OCC. The third kappa shape index (κ3) is 6.36. The number of nitrogen functional groups attached to an aromatic ring is 1. The van der Waals surface area contributed by atoms with E-state index in [9.17, 15) is 4.79 Å². The van der Waals surface area contributed by atoms with Crippen molar-refractivity contribution in [1.82, 2.24) is 10.4 Å². The van der Waals surface area contributed by atoms with Crippen LogP contribution in [0.5, 0.6) is 11.5 Å². The van der Waals surface area contributed by atoms with Crippen LogP contribution in [0.4, 0.5) is 5.13 Å². The summed E-state index contributed by atoms with van der Waals surface area (Å²) in [5, 5.41) is 6.17. The Hall–Kier alpha value is -2.61. The number of hydrogen-bond acceptors (Lipinski definition) is 7. The van der Waals surface area contributed by atoms with Crippen LogP contribution < -0.4 is 20.6 Å². The van der Waals surface area contributed by atoms with Gasteiger partial charge in [0.05, 0.1) is 31.5 Å². The standard InChI is InChI=1S/C18H24N4O3S/c1-3-5-8-25-15-7-6-13(9-16(15)24-4-2)11-20-22-17(23)10-14-12-26-18(19)21-14/h6-7,9,11-12H,3-5,8,10H2,1-2H3,(H2,19,21)(H,22,23)/b20-11+. The number of aromatic nitrogens is 1. The maximum Gasteiger partial charge on any atom is 0.246 e. The largest absolute Gasteiger partial charge is 0.490 e. The summed E-state index contributed by atoms with van der Waals surface area (Å²) >= 11 is 1.30. The van der Waals surface area contributed by atoms with Crippen molar-refractivity contribution >= 4 is 28.6 Å². The smallest absolute Gasteiger partial charge is 0.246 e. The fourth-order valence-corrected chi connectivity index (χ4v) is 2.67. The Bertz CT molecular complexity index is 746. The zero-order valence-corrected chi connectivity index (χ0v) is 15.8. The van der Waals surface area contributed by atoms with Crippen LogP contribution >= 0.6 is 11.3 Å². The first-order valence-corrected chi connectivity index (χ1v) is 9.41. The number of benzene rings is 1. The maximum atomic E-state index is 11.8. The van der Waals surface area contributed by atoms with Gasteiger partial charge in [0.1, 0.15) is 0 Å². The fourth-order valence-electron chi connectivity index (χ4n) is 2.11. The van der Waals surface area contributed by atoms with Crippen molar-refractivity contribution in [3.63, 3.8) is 0 Å². The zero-order chi connectivity index (χ0) is 18.8. The third-order valence-electron chi connectivity index (χ3n) is 3.34. The number of carbonyl (C=O) groups is 1. The number of hydrogen-bond donors (Lipinski definition) is 2. The first kappa shape index (κ1) is 19.7. The second-order valence-electron chi connectivity index (χ2n) is 5.49. The number of nitrogens with two attached hydrogens (primary N) is 1. The second-order valence-corrected chi connectivity index (χ2v) is 6.38. The van der Waals surface area contributed by atoms with Gasteiger partial charge in [-0.1, -0.05) is 13.3 Å². The highest BCUT2D eigenvalue weighted by Crippen LogP contribution is 2.28. The van der Waals surface area contributed by atoms with Gasteiger partial charge < -0.3 is 15.2 Å². The van der Waals surface area contributed by atoms with E-state index in [1.165, 1.54) is 11.3 Å². The van der Waals surface area contributed by atoms with Crippen molar-refractivity contribution in [2.75, 3.05) is 18.9 Å². The molecule has 8 heteroatoms. The number of anilines is 1. The van der Waals surface area contributed by atoms with Gasteiger partial charge in [-0.25, -0.2) is 10.4 Å². The van der Waals surface area contributed by atoms with Crippen LogP contribution in [-0.4, -0.2) is 30.3 Å². The molecule has 0 spiro atoms. The predicted molar refractivity (Wildman–Crippen MR) is 104 cm³/mol. The molecule has 0 bridgehead atoms. The molecule has 3 N–H and O–H groups in total. The Morgan fingerprint density at radius 1 is 1.35 bits per heavy atom. The molecule has 0 fully saturated rings. The quantitative estimate of drug-likeness (QED) is 0.377. The predicted octanol–water partition coefficient (Wildman–Crippen LogP) is 3.00. The van der Waals surface area contributed by atoms with Crippen molar-refractivity contribution in [3.8, 4) is 11.5 Å². The van der Waals surface area contributed by atoms with Crippen molar-refractivity contribution in [1.29, 1.82) is 0 Å². The molecule has 0 saturated heterocycles. The normalized spacial score (nSPS) is 10.8. The number of hydrazone groups is 1. The van der Waals surface area contributed by atoms with E-state index in [4.69, 9.17) is 15.2 Å². The van der Waals surface area contributed by atoms with Gasteiger partial charge in [0.25, 0.3) is 0 Å². The van der Waals surface area contributed by atoms with Gasteiger partial charge in [0, 0.05) is 5.38 Å². The van der Waals surface area contributed by atoms with Crippen LogP contribution in [0.2, 0.25) is 0 Å². The molecule has 0 aliphatic heterocycles.